The Bertz CT molecular complexity index is 758. The molecule has 0 aliphatic heterocycles. The van der Waals surface area contributed by atoms with Crippen LogP contribution in [-0.4, -0.2) is 9.06 Å². The van der Waals surface area contributed by atoms with Crippen LogP contribution < -0.4 is 5.56 Å². The molecule has 0 bridgehead atoms. The predicted octanol–water partition coefficient (Wildman–Crippen LogP) is 2.82. The molecule has 0 aliphatic carbocycles. The second-order valence-electron chi connectivity index (χ2n) is 4.06. The fourth-order valence-electron chi connectivity index (χ4n) is 1.92. The molecular weight excluding hydrogens is 246 g/mol. The molecule has 1 aromatic heterocycles. The van der Waals surface area contributed by atoms with Gasteiger partial charge in [0, 0.05) is 5.56 Å². The van der Waals surface area contributed by atoms with Crippen LogP contribution >= 0.6 is 11.5 Å². The van der Waals surface area contributed by atoms with E-state index in [1.165, 1.54) is 11.5 Å². The van der Waals surface area contributed by atoms with Gasteiger partial charge in [-0.15, -0.1) is 0 Å². The molecule has 0 aliphatic rings. The zero-order valence-electron chi connectivity index (χ0n) is 9.54. The van der Waals surface area contributed by atoms with E-state index in [1.54, 1.807) is 16.1 Å². The number of fused-ring (bicyclic) bond motifs is 1. The molecule has 0 atom stereocenters. The topological polar surface area (TPSA) is 42.2 Å². The van der Waals surface area contributed by atoms with Crippen molar-refractivity contribution in [3.05, 3.63) is 64.4 Å². The lowest BCUT2D eigenvalue weighted by Gasteiger charge is -2.03. The minimum atomic E-state index is -0.00106. The Hall–Kier alpha value is -2.07. The standard InChI is InChI=1S/C14H11NO2S/c16-12-7-3-1-5-10(12)9-15-14(17)11-6-2-4-8-13(11)18-15/h1-8,16H,9H2. The zero-order valence-corrected chi connectivity index (χ0v) is 10.4. The number of para-hydroxylation sites is 1. The van der Waals surface area contributed by atoms with Crippen molar-refractivity contribution in [1.29, 1.82) is 0 Å². The largest absolute Gasteiger partial charge is 0.508 e. The Morgan fingerprint density at radius 3 is 2.56 bits per heavy atom. The molecule has 0 amide bonds. The van der Waals surface area contributed by atoms with Gasteiger partial charge in [-0.1, -0.05) is 41.9 Å². The van der Waals surface area contributed by atoms with E-state index in [4.69, 9.17) is 0 Å². The van der Waals surface area contributed by atoms with Crippen molar-refractivity contribution in [2.24, 2.45) is 0 Å². The molecule has 0 unspecified atom stereocenters. The number of hydrogen-bond acceptors (Lipinski definition) is 3. The van der Waals surface area contributed by atoms with Gasteiger partial charge in [0.25, 0.3) is 5.56 Å². The summed E-state index contributed by atoms with van der Waals surface area (Å²) >= 11 is 1.42. The molecule has 0 radical (unpaired) electrons. The molecule has 3 aromatic rings. The molecule has 3 nitrogen and oxygen atoms in total. The van der Waals surface area contributed by atoms with Crippen LogP contribution in [0.25, 0.3) is 10.1 Å². The summed E-state index contributed by atoms with van der Waals surface area (Å²) < 4.78 is 2.64. The number of benzene rings is 2. The van der Waals surface area contributed by atoms with E-state index in [-0.39, 0.29) is 11.3 Å². The summed E-state index contributed by atoms with van der Waals surface area (Å²) in [6, 6.07) is 14.6. The van der Waals surface area contributed by atoms with Crippen molar-refractivity contribution in [3.8, 4) is 5.75 Å². The van der Waals surface area contributed by atoms with E-state index in [0.717, 1.165) is 15.6 Å². The van der Waals surface area contributed by atoms with Gasteiger partial charge in [0.1, 0.15) is 5.75 Å². The van der Waals surface area contributed by atoms with Crippen molar-refractivity contribution in [3.63, 3.8) is 0 Å². The first-order valence-corrected chi connectivity index (χ1v) is 6.39. The molecule has 4 heteroatoms. The quantitative estimate of drug-likeness (QED) is 0.767. The molecule has 90 valence electrons. The fraction of sp³-hybridized carbons (Fsp3) is 0.0714. The van der Waals surface area contributed by atoms with Gasteiger partial charge in [0.2, 0.25) is 0 Å². The predicted molar refractivity (Wildman–Crippen MR) is 73.3 cm³/mol. The average molecular weight is 257 g/mol. The van der Waals surface area contributed by atoms with E-state index in [0.29, 0.717) is 6.54 Å². The second-order valence-corrected chi connectivity index (χ2v) is 5.12. The molecule has 0 saturated heterocycles. The van der Waals surface area contributed by atoms with Crippen LogP contribution in [0.4, 0.5) is 0 Å². The monoisotopic (exact) mass is 257 g/mol. The summed E-state index contributed by atoms with van der Waals surface area (Å²) in [6.45, 7) is 0.408. The van der Waals surface area contributed by atoms with Crippen LogP contribution in [-0.2, 0) is 6.54 Å². The maximum Gasteiger partial charge on any atom is 0.268 e. The molecule has 3 rings (SSSR count). The van der Waals surface area contributed by atoms with E-state index < -0.39 is 0 Å². The molecule has 1 N–H and O–H groups in total. The summed E-state index contributed by atoms with van der Waals surface area (Å²) in [6.07, 6.45) is 0. The number of nitrogens with zero attached hydrogens (tertiary/aromatic N) is 1. The first-order chi connectivity index (χ1) is 8.75. The number of hydrogen-bond donors (Lipinski definition) is 1. The van der Waals surface area contributed by atoms with Crippen LogP contribution in [0, 0.1) is 0 Å². The average Bonchev–Trinajstić information content (AvgIpc) is 2.70. The van der Waals surface area contributed by atoms with Crippen LogP contribution in [0.3, 0.4) is 0 Å². The molecule has 2 aromatic carbocycles. The number of phenolic OH excluding ortho intramolecular Hbond substituents is 1. The third kappa shape index (κ3) is 1.80. The van der Waals surface area contributed by atoms with Gasteiger partial charge in [0.05, 0.1) is 16.6 Å². The minimum absolute atomic E-state index is 0.00106. The zero-order chi connectivity index (χ0) is 12.5. The summed E-state index contributed by atoms with van der Waals surface area (Å²) in [7, 11) is 0. The second kappa shape index (κ2) is 4.31. The first-order valence-electron chi connectivity index (χ1n) is 5.61. The first kappa shape index (κ1) is 11.0. The van der Waals surface area contributed by atoms with Crippen LogP contribution in [0.1, 0.15) is 5.56 Å². The van der Waals surface area contributed by atoms with Crippen molar-refractivity contribution < 1.29 is 5.11 Å². The van der Waals surface area contributed by atoms with Crippen LogP contribution in [0.15, 0.2) is 53.3 Å². The molecular formula is C14H11NO2S. The van der Waals surface area contributed by atoms with Crippen molar-refractivity contribution >= 4 is 21.6 Å². The molecule has 0 saturated carbocycles. The summed E-state index contributed by atoms with van der Waals surface area (Å²) in [4.78, 5) is 12.1. The highest BCUT2D eigenvalue weighted by molar-refractivity contribution is 7.13. The third-order valence-electron chi connectivity index (χ3n) is 2.86. The van der Waals surface area contributed by atoms with Crippen molar-refractivity contribution in [2.75, 3.05) is 0 Å². The van der Waals surface area contributed by atoms with Gasteiger partial charge in [-0.25, -0.2) is 0 Å². The Kier molecular flexibility index (Phi) is 2.64. The summed E-state index contributed by atoms with van der Waals surface area (Å²) in [5.74, 6) is 0.224. The Balaban J connectivity index is 2.09. The van der Waals surface area contributed by atoms with E-state index in [2.05, 4.69) is 0 Å². The van der Waals surface area contributed by atoms with Crippen molar-refractivity contribution in [2.45, 2.75) is 6.54 Å². The van der Waals surface area contributed by atoms with Gasteiger partial charge < -0.3 is 5.11 Å². The SMILES string of the molecule is O=c1c2ccccc2sn1Cc1ccccc1O. The van der Waals surface area contributed by atoms with Crippen LogP contribution in [0.5, 0.6) is 5.75 Å². The lowest BCUT2D eigenvalue weighted by atomic mass is 10.2. The minimum Gasteiger partial charge on any atom is -0.508 e. The molecule has 18 heavy (non-hydrogen) atoms. The molecule has 1 heterocycles. The van der Waals surface area contributed by atoms with E-state index in [9.17, 15) is 9.90 Å². The number of aromatic nitrogens is 1. The normalized spacial score (nSPS) is 10.9. The van der Waals surface area contributed by atoms with Gasteiger partial charge in [0.15, 0.2) is 0 Å². The lowest BCUT2D eigenvalue weighted by molar-refractivity contribution is 0.466. The number of rotatable bonds is 2. The smallest absolute Gasteiger partial charge is 0.268 e. The Labute approximate surface area is 108 Å². The summed E-state index contributed by atoms with van der Waals surface area (Å²) in [5, 5.41) is 10.5. The molecule has 0 fully saturated rings. The van der Waals surface area contributed by atoms with Gasteiger partial charge in [-0.3, -0.25) is 8.75 Å². The summed E-state index contributed by atoms with van der Waals surface area (Å²) in [5.41, 5.74) is 0.755. The third-order valence-corrected chi connectivity index (χ3v) is 3.93. The highest BCUT2D eigenvalue weighted by atomic mass is 32.1. The highest BCUT2D eigenvalue weighted by Crippen LogP contribution is 2.20. The number of phenols is 1. The van der Waals surface area contributed by atoms with Gasteiger partial charge >= 0.3 is 0 Å². The Morgan fingerprint density at radius 1 is 1.06 bits per heavy atom. The molecule has 0 spiro atoms. The van der Waals surface area contributed by atoms with Gasteiger partial charge in [-0.05, 0) is 18.2 Å². The van der Waals surface area contributed by atoms with E-state index >= 15 is 0 Å². The maximum absolute atomic E-state index is 12.1. The van der Waals surface area contributed by atoms with Crippen molar-refractivity contribution in [1.82, 2.24) is 3.96 Å². The van der Waals surface area contributed by atoms with Gasteiger partial charge in [-0.2, -0.15) is 0 Å². The van der Waals surface area contributed by atoms with E-state index in [1.807, 2.05) is 36.4 Å². The maximum atomic E-state index is 12.1. The number of aromatic hydroxyl groups is 1. The lowest BCUT2D eigenvalue weighted by Crippen LogP contribution is -2.13. The van der Waals surface area contributed by atoms with Crippen LogP contribution in [0.2, 0.25) is 0 Å². The highest BCUT2D eigenvalue weighted by Gasteiger charge is 2.08. The Morgan fingerprint density at radius 2 is 1.78 bits per heavy atom. The fourth-order valence-corrected chi connectivity index (χ4v) is 2.94.